The first-order chi connectivity index (χ1) is 72.4. The van der Waals surface area contributed by atoms with Crippen LogP contribution in [0.25, 0.3) is 144 Å². The van der Waals surface area contributed by atoms with Crippen molar-refractivity contribution in [1.82, 2.24) is 0 Å². The Morgan fingerprint density at radius 3 is 0.703 bits per heavy atom. The molecule has 0 radical (unpaired) electrons. The summed E-state index contributed by atoms with van der Waals surface area (Å²) in [5, 5.41) is 7.19. The fourth-order valence-electron chi connectivity index (χ4n) is 27.1. The quantitative estimate of drug-likeness (QED) is 0.0279. The molecule has 0 fully saturated rings. The van der Waals surface area contributed by atoms with Gasteiger partial charge in [-0.05, 0) is 327 Å². The van der Waals surface area contributed by atoms with Gasteiger partial charge in [-0.1, -0.05) is 488 Å². The maximum absolute atomic E-state index is 2.64. The van der Waals surface area contributed by atoms with Crippen LogP contribution in [0, 0.1) is 27.7 Å². The molecule has 18 aromatic rings. The Morgan fingerprint density at radius 1 is 0.176 bits per heavy atom. The third kappa shape index (κ3) is 18.6. The summed E-state index contributed by atoms with van der Waals surface area (Å²) in [6, 6.07) is 138. The minimum atomic E-state index is -0.189. The number of benzene rings is 18. The van der Waals surface area contributed by atoms with Gasteiger partial charge in [0.2, 0.25) is 0 Å². The lowest BCUT2D eigenvalue weighted by molar-refractivity contribution is 0.398. The molecule has 0 amide bonds. The standard InChI is InChI=1S/C146H150N2/c1-13-17-21-25-29-41-85-145(86-42-30-26-22-18-14-2)131-51-39-37-47-119(131)125-81-71-113(95-137(125)145)111-69-79-123-121-77-67-109(91-133(121)143(9,10)135(123)93-111)107-59-55-103(56-60-107)105-63-73-115(74-64-105)147(139-83-53-99(5)89-101(139)7)141-97-129-118-46-34-36-50-128(118)142(98-130(129)117-45-33-35-49-127(117)141)148(140-84-54-100(6)90-102(140)8)116-75-65-106(66-76-116)104-57-61-108(62-58-104)110-68-78-122-124-80-70-112(94-136(124)144(11,12)134(122)92-110)114-72-82-126-120-48-38-40-52-132(120)146(138(126)96-114,87-43-31-27-23-19-15-3)88-44-32-28-24-20-16-4/h33-40,45-84,89-98H,13-32,41-44,85-88H2,1-12H3. The molecule has 0 bridgehead atoms. The summed E-state index contributed by atoms with van der Waals surface area (Å²) in [5.74, 6) is 0. The van der Waals surface area contributed by atoms with E-state index in [0.717, 1.165) is 34.1 Å². The highest BCUT2D eigenvalue weighted by Crippen LogP contribution is 2.61. The average molecular weight is 1930 g/mol. The summed E-state index contributed by atoms with van der Waals surface area (Å²) in [4.78, 5) is 5.04. The van der Waals surface area contributed by atoms with E-state index in [1.165, 1.54) is 368 Å². The van der Waals surface area contributed by atoms with Crippen molar-refractivity contribution in [1.29, 1.82) is 0 Å². The van der Waals surface area contributed by atoms with E-state index >= 15 is 0 Å². The molecule has 0 heterocycles. The number of hydrogen-bond donors (Lipinski definition) is 0. The van der Waals surface area contributed by atoms with E-state index in [2.05, 4.69) is 445 Å². The summed E-state index contributed by atoms with van der Waals surface area (Å²) in [5.41, 5.74) is 49.6. The molecule has 4 aliphatic carbocycles. The van der Waals surface area contributed by atoms with Crippen molar-refractivity contribution in [2.24, 2.45) is 0 Å². The zero-order valence-corrected chi connectivity index (χ0v) is 90.2. The number of hydrogen-bond acceptors (Lipinski definition) is 2. The second-order valence-corrected chi connectivity index (χ2v) is 45.6. The molecule has 0 aromatic heterocycles. The smallest absolute Gasteiger partial charge is 0.0546 e. The third-order valence-corrected chi connectivity index (χ3v) is 35.2. The Kier molecular flexibility index (Phi) is 28.4. The van der Waals surface area contributed by atoms with E-state index in [0.29, 0.717) is 0 Å². The van der Waals surface area contributed by atoms with Gasteiger partial charge in [-0.2, -0.15) is 0 Å². The van der Waals surface area contributed by atoms with Crippen molar-refractivity contribution < 1.29 is 0 Å². The summed E-state index contributed by atoms with van der Waals surface area (Å²) < 4.78 is 0. The Labute approximate surface area is 884 Å². The molecule has 2 heteroatoms. The Hall–Kier alpha value is -13.7. The van der Waals surface area contributed by atoms with Crippen LogP contribution in [0.15, 0.2) is 352 Å². The molecule has 4 aliphatic rings. The van der Waals surface area contributed by atoms with Crippen LogP contribution in [0.5, 0.6) is 0 Å². The molecular formula is C146H150N2. The zero-order chi connectivity index (χ0) is 101. The Morgan fingerprint density at radius 2 is 0.405 bits per heavy atom. The molecule has 22 rings (SSSR count). The molecule has 0 saturated carbocycles. The van der Waals surface area contributed by atoms with Crippen molar-refractivity contribution in [2.45, 2.75) is 285 Å². The van der Waals surface area contributed by atoms with Crippen molar-refractivity contribution in [2.75, 3.05) is 9.80 Å². The van der Waals surface area contributed by atoms with Gasteiger partial charge in [-0.15, -0.1) is 0 Å². The highest BCUT2D eigenvalue weighted by molar-refractivity contribution is 6.25. The lowest BCUT2D eigenvalue weighted by Crippen LogP contribution is -2.25. The van der Waals surface area contributed by atoms with Crippen LogP contribution in [0.1, 0.15) is 302 Å². The predicted octanol–water partition coefficient (Wildman–Crippen LogP) is 43.5. The van der Waals surface area contributed by atoms with E-state index in [9.17, 15) is 0 Å². The molecule has 0 atom stereocenters. The fraction of sp³-hybridized carbons (Fsp3) is 0.301. The normalized spacial score (nSPS) is 13.8. The van der Waals surface area contributed by atoms with Gasteiger partial charge in [-0.3, -0.25) is 0 Å². The molecule has 0 unspecified atom stereocenters. The summed E-state index contributed by atoms with van der Waals surface area (Å²) in [7, 11) is 0. The van der Waals surface area contributed by atoms with Gasteiger partial charge in [0, 0.05) is 55.2 Å². The molecule has 0 spiro atoms. The van der Waals surface area contributed by atoms with Crippen LogP contribution in [0.4, 0.5) is 34.1 Å². The predicted molar refractivity (Wildman–Crippen MR) is 639 cm³/mol. The van der Waals surface area contributed by atoms with Crippen molar-refractivity contribution in [3.05, 3.63) is 419 Å². The van der Waals surface area contributed by atoms with Gasteiger partial charge in [0.25, 0.3) is 0 Å². The van der Waals surface area contributed by atoms with Gasteiger partial charge in [-0.25, -0.2) is 0 Å². The number of anilines is 6. The second-order valence-electron chi connectivity index (χ2n) is 45.6. The highest BCUT2D eigenvalue weighted by Gasteiger charge is 2.46. The largest absolute Gasteiger partial charge is 0.310 e. The number of rotatable bonds is 40. The first kappa shape index (κ1) is 99.0. The van der Waals surface area contributed by atoms with Gasteiger partial charge < -0.3 is 9.80 Å². The van der Waals surface area contributed by atoms with Gasteiger partial charge in [0.05, 0.1) is 11.4 Å². The minimum absolute atomic E-state index is 0.0423. The minimum Gasteiger partial charge on any atom is -0.310 e. The summed E-state index contributed by atoms with van der Waals surface area (Å²) >= 11 is 0. The van der Waals surface area contributed by atoms with Crippen LogP contribution in [-0.4, -0.2) is 0 Å². The number of nitrogens with zero attached hydrogens (tertiary/aromatic N) is 2. The first-order valence-electron chi connectivity index (χ1n) is 57.0. The number of unbranched alkanes of at least 4 members (excludes halogenated alkanes) is 20. The van der Waals surface area contributed by atoms with E-state index in [1.54, 1.807) is 22.3 Å². The summed E-state index contributed by atoms with van der Waals surface area (Å²) in [6.45, 7) is 28.1. The van der Waals surface area contributed by atoms with Gasteiger partial charge in [0.15, 0.2) is 0 Å². The Bertz CT molecular complexity index is 7420. The van der Waals surface area contributed by atoms with E-state index in [4.69, 9.17) is 0 Å². The maximum Gasteiger partial charge on any atom is 0.0546 e. The SMILES string of the molecule is CCCCCCCCC1(CCCCCCCC)c2ccccc2-c2ccc(-c3ccc4c(c3)C(C)(C)c3cc(-c5ccc(-c6ccc(N(c7ccc(C)cc7C)c7cc8c9ccccc9c(N(c9ccc(-c%10ccc(-c%11ccc%12c(c%11)C(C)(C)c%11cc(-c%13ccc%14c(c%13)C(CCCCCCCC)(CCCCCCCC)c%13ccccc%13-%14)ccc%11-%12)cc%10)cc9)c9ccc(C)cc9C)cc8c8ccccc78)cc6)cc5)ccc3-4)cc21. The Balaban J connectivity index is 0.526. The van der Waals surface area contributed by atoms with E-state index in [1.807, 2.05) is 0 Å². The molecule has 0 aliphatic heterocycles. The molecular weight excluding hydrogens is 1780 g/mol. The molecule has 0 N–H and O–H groups in total. The highest BCUT2D eigenvalue weighted by atomic mass is 15.2. The fourth-order valence-corrected chi connectivity index (χ4v) is 27.1. The maximum atomic E-state index is 2.64. The topological polar surface area (TPSA) is 6.48 Å². The van der Waals surface area contributed by atoms with Crippen molar-refractivity contribution in [3.8, 4) is 111 Å². The third-order valence-electron chi connectivity index (χ3n) is 35.2. The van der Waals surface area contributed by atoms with Crippen LogP contribution in [0.2, 0.25) is 0 Å². The first-order valence-corrected chi connectivity index (χ1v) is 57.0. The molecule has 148 heavy (non-hydrogen) atoms. The van der Waals surface area contributed by atoms with Crippen LogP contribution < -0.4 is 9.80 Å². The summed E-state index contributed by atoms with van der Waals surface area (Å²) in [6.07, 6.45) is 36.6. The molecule has 0 saturated heterocycles. The van der Waals surface area contributed by atoms with Crippen LogP contribution >= 0.6 is 0 Å². The van der Waals surface area contributed by atoms with Gasteiger partial charge in [0.1, 0.15) is 0 Å². The average Bonchev–Trinajstić information content (AvgIpc) is 0.970. The van der Waals surface area contributed by atoms with Gasteiger partial charge >= 0.3 is 0 Å². The number of fused-ring (bicyclic) bond motifs is 17. The lowest BCUT2D eigenvalue weighted by Gasteiger charge is -2.33. The van der Waals surface area contributed by atoms with Crippen LogP contribution in [-0.2, 0) is 21.7 Å². The van der Waals surface area contributed by atoms with Crippen LogP contribution in [0.3, 0.4) is 0 Å². The van der Waals surface area contributed by atoms with E-state index in [-0.39, 0.29) is 21.7 Å². The van der Waals surface area contributed by atoms with E-state index < -0.39 is 0 Å². The second kappa shape index (κ2) is 42.5. The zero-order valence-electron chi connectivity index (χ0n) is 90.2. The lowest BCUT2D eigenvalue weighted by atomic mass is 9.70. The van der Waals surface area contributed by atoms with Crippen molar-refractivity contribution in [3.63, 3.8) is 0 Å². The van der Waals surface area contributed by atoms with Crippen molar-refractivity contribution >= 4 is 66.4 Å². The number of aryl methyl sites for hydroxylation is 4. The molecule has 2 nitrogen and oxygen atoms in total. The molecule has 744 valence electrons. The monoisotopic (exact) mass is 1930 g/mol. The molecule has 18 aromatic carbocycles.